The summed E-state index contributed by atoms with van der Waals surface area (Å²) >= 11 is 2.25. The molecule has 0 amide bonds. The zero-order valence-electron chi connectivity index (χ0n) is 9.03. The standard InChI is InChI=1S/C10H16IN3O/c1-6-9(11)10(12)14(13-6)7(2)8-3-4-15-5-8/h7-8H,3-5,12H2,1-2H3. The van der Waals surface area contributed by atoms with E-state index in [9.17, 15) is 0 Å². The third-order valence-electron chi connectivity index (χ3n) is 3.08. The Balaban J connectivity index is 2.24. The second kappa shape index (κ2) is 4.29. The normalized spacial score (nSPS) is 23.3. The van der Waals surface area contributed by atoms with E-state index in [2.05, 4.69) is 34.6 Å². The third kappa shape index (κ3) is 1.99. The van der Waals surface area contributed by atoms with Crippen LogP contribution in [0.5, 0.6) is 0 Å². The summed E-state index contributed by atoms with van der Waals surface area (Å²) in [6.45, 7) is 5.85. The molecule has 2 unspecified atom stereocenters. The van der Waals surface area contributed by atoms with Crippen molar-refractivity contribution in [2.75, 3.05) is 18.9 Å². The average Bonchev–Trinajstić information content (AvgIpc) is 2.82. The number of nitrogens with zero attached hydrogens (tertiary/aromatic N) is 2. The number of anilines is 1. The molecule has 15 heavy (non-hydrogen) atoms. The molecule has 1 aliphatic rings. The van der Waals surface area contributed by atoms with E-state index < -0.39 is 0 Å². The highest BCUT2D eigenvalue weighted by Gasteiger charge is 2.26. The van der Waals surface area contributed by atoms with Gasteiger partial charge in [-0.1, -0.05) is 0 Å². The van der Waals surface area contributed by atoms with Crippen molar-refractivity contribution in [2.24, 2.45) is 5.92 Å². The lowest BCUT2D eigenvalue weighted by Gasteiger charge is -2.19. The quantitative estimate of drug-likeness (QED) is 0.848. The van der Waals surface area contributed by atoms with Crippen LogP contribution < -0.4 is 5.73 Å². The molecule has 0 aromatic carbocycles. The highest BCUT2D eigenvalue weighted by Crippen LogP contribution is 2.30. The lowest BCUT2D eigenvalue weighted by Crippen LogP contribution is -2.19. The van der Waals surface area contributed by atoms with Crippen LogP contribution in [0.1, 0.15) is 25.1 Å². The molecule has 1 saturated heterocycles. The van der Waals surface area contributed by atoms with E-state index in [1.165, 1.54) is 0 Å². The molecule has 4 nitrogen and oxygen atoms in total. The van der Waals surface area contributed by atoms with Gasteiger partial charge in [0.1, 0.15) is 5.82 Å². The van der Waals surface area contributed by atoms with Crippen LogP contribution >= 0.6 is 22.6 Å². The molecule has 84 valence electrons. The molecule has 0 spiro atoms. The predicted octanol–water partition coefficient (Wildman–Crippen LogP) is 1.98. The van der Waals surface area contributed by atoms with Crippen LogP contribution in [-0.2, 0) is 4.74 Å². The van der Waals surface area contributed by atoms with Crippen LogP contribution in [-0.4, -0.2) is 23.0 Å². The summed E-state index contributed by atoms with van der Waals surface area (Å²) in [5, 5.41) is 4.48. The Morgan fingerprint density at radius 3 is 2.87 bits per heavy atom. The lowest BCUT2D eigenvalue weighted by molar-refractivity contribution is 0.173. The van der Waals surface area contributed by atoms with Crippen molar-refractivity contribution in [3.05, 3.63) is 9.26 Å². The van der Waals surface area contributed by atoms with Crippen molar-refractivity contribution in [1.82, 2.24) is 9.78 Å². The summed E-state index contributed by atoms with van der Waals surface area (Å²) in [4.78, 5) is 0. The molecule has 2 N–H and O–H groups in total. The van der Waals surface area contributed by atoms with E-state index in [1.54, 1.807) is 0 Å². The van der Waals surface area contributed by atoms with Gasteiger partial charge in [-0.3, -0.25) is 0 Å². The molecular formula is C10H16IN3O. The fraction of sp³-hybridized carbons (Fsp3) is 0.700. The number of halogens is 1. The van der Waals surface area contributed by atoms with Crippen LogP contribution in [0.2, 0.25) is 0 Å². The van der Waals surface area contributed by atoms with Gasteiger partial charge >= 0.3 is 0 Å². The first kappa shape index (κ1) is 11.2. The minimum Gasteiger partial charge on any atom is -0.383 e. The Hall–Kier alpha value is -0.300. The van der Waals surface area contributed by atoms with Crippen LogP contribution in [0.15, 0.2) is 0 Å². The zero-order chi connectivity index (χ0) is 11.0. The summed E-state index contributed by atoms with van der Waals surface area (Å²) in [5.74, 6) is 1.33. The number of aromatic nitrogens is 2. The van der Waals surface area contributed by atoms with Gasteiger partial charge in [-0.2, -0.15) is 5.10 Å². The summed E-state index contributed by atoms with van der Waals surface area (Å²) in [7, 11) is 0. The largest absolute Gasteiger partial charge is 0.383 e. The number of ether oxygens (including phenoxy) is 1. The van der Waals surface area contributed by atoms with Gasteiger partial charge in [-0.15, -0.1) is 0 Å². The molecule has 2 heterocycles. The van der Waals surface area contributed by atoms with E-state index >= 15 is 0 Å². The molecule has 0 bridgehead atoms. The Morgan fingerprint density at radius 1 is 1.67 bits per heavy atom. The minimum atomic E-state index is 0.328. The zero-order valence-corrected chi connectivity index (χ0v) is 11.2. The minimum absolute atomic E-state index is 0.328. The van der Waals surface area contributed by atoms with E-state index in [4.69, 9.17) is 10.5 Å². The van der Waals surface area contributed by atoms with Crippen molar-refractivity contribution in [3.63, 3.8) is 0 Å². The second-order valence-electron chi connectivity index (χ2n) is 4.09. The number of hydrogen-bond donors (Lipinski definition) is 1. The first-order chi connectivity index (χ1) is 7.11. The fourth-order valence-electron chi connectivity index (χ4n) is 1.99. The van der Waals surface area contributed by atoms with E-state index in [-0.39, 0.29) is 0 Å². The van der Waals surface area contributed by atoms with E-state index in [0.717, 1.165) is 34.7 Å². The highest BCUT2D eigenvalue weighted by molar-refractivity contribution is 14.1. The van der Waals surface area contributed by atoms with Gasteiger partial charge in [0.25, 0.3) is 0 Å². The molecule has 1 aliphatic heterocycles. The monoisotopic (exact) mass is 321 g/mol. The first-order valence-electron chi connectivity index (χ1n) is 5.19. The van der Waals surface area contributed by atoms with Gasteiger partial charge in [-0.25, -0.2) is 4.68 Å². The summed E-state index contributed by atoms with van der Waals surface area (Å²) in [5.41, 5.74) is 7.04. The smallest absolute Gasteiger partial charge is 0.135 e. The third-order valence-corrected chi connectivity index (χ3v) is 4.41. The molecule has 1 fully saturated rings. The topological polar surface area (TPSA) is 53.1 Å². The van der Waals surface area contributed by atoms with Gasteiger partial charge in [0.2, 0.25) is 0 Å². The average molecular weight is 321 g/mol. The van der Waals surface area contributed by atoms with Crippen molar-refractivity contribution >= 4 is 28.4 Å². The van der Waals surface area contributed by atoms with Crippen molar-refractivity contribution in [3.8, 4) is 0 Å². The Bertz CT molecular complexity index is 358. The number of hydrogen-bond acceptors (Lipinski definition) is 3. The fourth-order valence-corrected chi connectivity index (χ4v) is 2.34. The van der Waals surface area contributed by atoms with Gasteiger partial charge < -0.3 is 10.5 Å². The summed E-state index contributed by atoms with van der Waals surface area (Å²) in [6.07, 6.45) is 1.11. The van der Waals surface area contributed by atoms with Crippen LogP contribution in [0.4, 0.5) is 5.82 Å². The van der Waals surface area contributed by atoms with Crippen molar-refractivity contribution in [2.45, 2.75) is 26.3 Å². The van der Waals surface area contributed by atoms with Gasteiger partial charge in [0, 0.05) is 12.5 Å². The number of nitrogen functional groups attached to an aromatic ring is 1. The van der Waals surface area contributed by atoms with Crippen molar-refractivity contribution < 1.29 is 4.74 Å². The molecule has 0 radical (unpaired) electrons. The second-order valence-corrected chi connectivity index (χ2v) is 5.17. The van der Waals surface area contributed by atoms with E-state index in [0.29, 0.717) is 12.0 Å². The van der Waals surface area contributed by atoms with Gasteiger partial charge in [0.05, 0.1) is 21.9 Å². The van der Waals surface area contributed by atoms with Crippen molar-refractivity contribution in [1.29, 1.82) is 0 Å². The summed E-state index contributed by atoms with van der Waals surface area (Å²) in [6, 6.07) is 0.328. The number of aryl methyl sites for hydroxylation is 1. The molecule has 1 aromatic heterocycles. The molecule has 2 atom stereocenters. The SMILES string of the molecule is Cc1nn(C(C)C2CCOC2)c(N)c1I. The maximum atomic E-state index is 6.02. The maximum absolute atomic E-state index is 6.02. The first-order valence-corrected chi connectivity index (χ1v) is 6.27. The number of rotatable bonds is 2. The van der Waals surface area contributed by atoms with Gasteiger partial charge in [-0.05, 0) is 42.9 Å². The Kier molecular flexibility index (Phi) is 3.20. The molecule has 1 aromatic rings. The van der Waals surface area contributed by atoms with Gasteiger partial charge in [0.15, 0.2) is 0 Å². The molecular weight excluding hydrogens is 305 g/mol. The summed E-state index contributed by atoms with van der Waals surface area (Å²) < 4.78 is 8.40. The lowest BCUT2D eigenvalue weighted by atomic mass is 10.0. The Morgan fingerprint density at radius 2 is 2.40 bits per heavy atom. The van der Waals surface area contributed by atoms with E-state index in [1.807, 2.05) is 11.6 Å². The van der Waals surface area contributed by atoms with Crippen LogP contribution in [0, 0.1) is 16.4 Å². The molecule has 5 heteroatoms. The molecule has 2 rings (SSSR count). The Labute approximate surface area is 103 Å². The molecule has 0 aliphatic carbocycles. The maximum Gasteiger partial charge on any atom is 0.135 e. The predicted molar refractivity (Wildman–Crippen MR) is 67.7 cm³/mol. The molecule has 0 saturated carbocycles. The highest BCUT2D eigenvalue weighted by atomic mass is 127. The van der Waals surface area contributed by atoms with Crippen LogP contribution in [0.25, 0.3) is 0 Å². The van der Waals surface area contributed by atoms with Crippen LogP contribution in [0.3, 0.4) is 0 Å². The number of nitrogens with two attached hydrogens (primary N) is 1.